The van der Waals surface area contributed by atoms with Crippen LogP contribution in [0.15, 0.2) is 47.1 Å². The summed E-state index contributed by atoms with van der Waals surface area (Å²) < 4.78 is 15.5. The highest BCUT2D eigenvalue weighted by molar-refractivity contribution is 6.32. The molecule has 0 spiro atoms. The third kappa shape index (κ3) is 4.30. The first kappa shape index (κ1) is 18.9. The minimum atomic E-state index is -0.598. The number of methoxy groups -OCH3 is 1. The van der Waals surface area contributed by atoms with E-state index in [9.17, 15) is 9.59 Å². The van der Waals surface area contributed by atoms with Gasteiger partial charge in [-0.25, -0.2) is 9.79 Å². The van der Waals surface area contributed by atoms with Gasteiger partial charge in [-0.3, -0.25) is 4.79 Å². The molecule has 1 heterocycles. The highest BCUT2D eigenvalue weighted by atomic mass is 35.5. The number of carbonyl (C=O) groups is 2. The van der Waals surface area contributed by atoms with Crippen molar-refractivity contribution in [3.05, 3.63) is 63.3 Å². The number of halogens is 2. The van der Waals surface area contributed by atoms with Crippen molar-refractivity contribution in [2.24, 2.45) is 4.99 Å². The Bertz CT molecular complexity index is 980. The molecular formula is C19H13Cl2NO5. The number of benzene rings is 2. The van der Waals surface area contributed by atoms with Crippen molar-refractivity contribution < 1.29 is 23.8 Å². The lowest BCUT2D eigenvalue weighted by Gasteiger charge is -2.10. The molecule has 3 rings (SSSR count). The summed E-state index contributed by atoms with van der Waals surface area (Å²) in [7, 11) is 1.41. The fourth-order valence-electron chi connectivity index (χ4n) is 2.35. The molecule has 138 valence electrons. The maximum absolute atomic E-state index is 12.1. The predicted octanol–water partition coefficient (Wildman–Crippen LogP) is 4.27. The monoisotopic (exact) mass is 405 g/mol. The second kappa shape index (κ2) is 7.82. The number of esters is 2. The normalized spacial score (nSPS) is 14.7. The maximum atomic E-state index is 12.1. The number of nitrogens with zero attached hydrogens (tertiary/aromatic N) is 1. The van der Waals surface area contributed by atoms with Gasteiger partial charge in [-0.15, -0.1) is 0 Å². The lowest BCUT2D eigenvalue weighted by atomic mass is 10.1. The Kier molecular flexibility index (Phi) is 5.48. The Balaban J connectivity index is 1.96. The number of hydrogen-bond acceptors (Lipinski definition) is 6. The second-order valence-electron chi connectivity index (χ2n) is 5.47. The summed E-state index contributed by atoms with van der Waals surface area (Å²) >= 11 is 12.0. The molecule has 1 aliphatic heterocycles. The molecule has 0 aromatic heterocycles. The topological polar surface area (TPSA) is 74.2 Å². The van der Waals surface area contributed by atoms with Crippen LogP contribution >= 0.6 is 23.2 Å². The SMILES string of the molecule is COc1cc(C=C2N=C(c3ccc(Cl)cc3)OC2=O)cc(Cl)c1OC(C)=O. The molecule has 2 aromatic carbocycles. The molecule has 0 N–H and O–H groups in total. The van der Waals surface area contributed by atoms with E-state index in [1.807, 2.05) is 0 Å². The number of ether oxygens (including phenoxy) is 3. The van der Waals surface area contributed by atoms with Crippen LogP contribution in [0.4, 0.5) is 0 Å². The van der Waals surface area contributed by atoms with Crippen LogP contribution in [0.3, 0.4) is 0 Å². The lowest BCUT2D eigenvalue weighted by Crippen LogP contribution is -2.05. The number of aliphatic imine (C=N–C) groups is 1. The Hall–Kier alpha value is -2.83. The van der Waals surface area contributed by atoms with E-state index in [0.717, 1.165) is 0 Å². The molecule has 0 atom stereocenters. The summed E-state index contributed by atoms with van der Waals surface area (Å²) in [5.41, 5.74) is 1.25. The second-order valence-corrected chi connectivity index (χ2v) is 6.31. The van der Waals surface area contributed by atoms with Gasteiger partial charge in [0.1, 0.15) is 0 Å². The van der Waals surface area contributed by atoms with Crippen LogP contribution in [-0.4, -0.2) is 24.9 Å². The van der Waals surface area contributed by atoms with Crippen molar-refractivity contribution in [1.29, 1.82) is 0 Å². The van der Waals surface area contributed by atoms with Crippen molar-refractivity contribution in [1.82, 2.24) is 0 Å². The molecule has 27 heavy (non-hydrogen) atoms. The minimum Gasteiger partial charge on any atom is -0.493 e. The molecular weight excluding hydrogens is 393 g/mol. The van der Waals surface area contributed by atoms with Crippen molar-refractivity contribution in [3.8, 4) is 11.5 Å². The van der Waals surface area contributed by atoms with Crippen LogP contribution in [0.1, 0.15) is 18.1 Å². The Labute approximate surface area is 165 Å². The molecule has 0 amide bonds. The zero-order valence-electron chi connectivity index (χ0n) is 14.3. The fraction of sp³-hybridized carbons (Fsp3) is 0.105. The summed E-state index contributed by atoms with van der Waals surface area (Å²) in [5, 5.41) is 0.721. The van der Waals surface area contributed by atoms with Crippen LogP contribution < -0.4 is 9.47 Å². The average Bonchev–Trinajstić information content (AvgIpc) is 2.98. The van der Waals surface area contributed by atoms with E-state index >= 15 is 0 Å². The molecule has 0 saturated carbocycles. The van der Waals surface area contributed by atoms with Crippen molar-refractivity contribution in [2.45, 2.75) is 6.92 Å². The van der Waals surface area contributed by atoms with Gasteiger partial charge in [0.05, 0.1) is 12.1 Å². The van der Waals surface area contributed by atoms with Crippen LogP contribution in [-0.2, 0) is 14.3 Å². The van der Waals surface area contributed by atoms with E-state index < -0.39 is 11.9 Å². The number of carbonyl (C=O) groups excluding carboxylic acids is 2. The molecule has 8 heteroatoms. The third-order valence-electron chi connectivity index (χ3n) is 3.51. The van der Waals surface area contributed by atoms with Crippen LogP contribution in [0, 0.1) is 0 Å². The third-order valence-corrected chi connectivity index (χ3v) is 4.05. The van der Waals surface area contributed by atoms with Gasteiger partial charge in [0.25, 0.3) is 0 Å². The average molecular weight is 406 g/mol. The van der Waals surface area contributed by atoms with E-state index in [1.165, 1.54) is 26.2 Å². The number of cyclic esters (lactones) is 1. The quantitative estimate of drug-likeness (QED) is 0.431. The molecule has 0 bridgehead atoms. The predicted molar refractivity (Wildman–Crippen MR) is 101 cm³/mol. The van der Waals surface area contributed by atoms with E-state index in [4.69, 9.17) is 37.4 Å². The minimum absolute atomic E-state index is 0.0957. The van der Waals surface area contributed by atoms with Gasteiger partial charge < -0.3 is 14.2 Å². The van der Waals surface area contributed by atoms with Gasteiger partial charge >= 0.3 is 11.9 Å². The van der Waals surface area contributed by atoms with Crippen molar-refractivity contribution >= 4 is 47.1 Å². The van der Waals surface area contributed by atoms with Crippen molar-refractivity contribution in [2.75, 3.05) is 7.11 Å². The highest BCUT2D eigenvalue weighted by Crippen LogP contribution is 2.37. The van der Waals surface area contributed by atoms with Crippen molar-refractivity contribution in [3.63, 3.8) is 0 Å². The summed E-state index contributed by atoms with van der Waals surface area (Å²) in [5.74, 6) is -0.597. The molecule has 0 aliphatic carbocycles. The first-order valence-corrected chi connectivity index (χ1v) is 8.47. The summed E-state index contributed by atoms with van der Waals surface area (Å²) in [6, 6.07) is 9.84. The van der Waals surface area contributed by atoms with E-state index in [0.29, 0.717) is 16.1 Å². The van der Waals surface area contributed by atoms with Gasteiger partial charge in [0, 0.05) is 17.5 Å². The Morgan fingerprint density at radius 3 is 2.52 bits per heavy atom. The Morgan fingerprint density at radius 1 is 1.19 bits per heavy atom. The van der Waals surface area contributed by atoms with Gasteiger partial charge in [-0.05, 0) is 48.0 Å². The molecule has 0 saturated heterocycles. The maximum Gasteiger partial charge on any atom is 0.363 e. The summed E-state index contributed by atoms with van der Waals surface area (Å²) in [6.07, 6.45) is 1.50. The largest absolute Gasteiger partial charge is 0.493 e. The van der Waals surface area contributed by atoms with Gasteiger partial charge in [-0.1, -0.05) is 23.2 Å². The fourth-order valence-corrected chi connectivity index (χ4v) is 2.73. The molecule has 0 radical (unpaired) electrons. The van der Waals surface area contributed by atoms with Gasteiger partial charge in [-0.2, -0.15) is 0 Å². The van der Waals surface area contributed by atoms with Crippen LogP contribution in [0.2, 0.25) is 10.0 Å². The lowest BCUT2D eigenvalue weighted by molar-refractivity contribution is -0.132. The standard InChI is InChI=1S/C19H13Cl2NO5/c1-10(23)26-17-14(21)7-11(9-16(17)25-2)8-15-19(24)27-18(22-15)12-3-5-13(20)6-4-12/h3-9H,1-2H3. The highest BCUT2D eigenvalue weighted by Gasteiger charge is 2.24. The molecule has 0 unspecified atom stereocenters. The molecule has 6 nitrogen and oxygen atoms in total. The first-order chi connectivity index (χ1) is 12.9. The van der Waals surface area contributed by atoms with Gasteiger partial charge in [0.15, 0.2) is 17.2 Å². The molecule has 1 aliphatic rings. The smallest absolute Gasteiger partial charge is 0.363 e. The zero-order valence-corrected chi connectivity index (χ0v) is 15.8. The van der Waals surface area contributed by atoms with E-state index in [-0.39, 0.29) is 28.1 Å². The van der Waals surface area contributed by atoms with E-state index in [1.54, 1.807) is 30.3 Å². The van der Waals surface area contributed by atoms with Crippen LogP contribution in [0.5, 0.6) is 11.5 Å². The van der Waals surface area contributed by atoms with Crippen LogP contribution in [0.25, 0.3) is 6.08 Å². The Morgan fingerprint density at radius 2 is 1.89 bits per heavy atom. The summed E-state index contributed by atoms with van der Waals surface area (Å²) in [6.45, 7) is 1.26. The first-order valence-electron chi connectivity index (χ1n) is 7.72. The number of rotatable bonds is 4. The zero-order chi connectivity index (χ0) is 19.6. The van der Waals surface area contributed by atoms with E-state index in [2.05, 4.69) is 4.99 Å². The summed E-state index contributed by atoms with van der Waals surface area (Å²) in [4.78, 5) is 27.5. The molecule has 2 aromatic rings. The van der Waals surface area contributed by atoms with Gasteiger partial charge in [0.2, 0.25) is 5.90 Å². The molecule has 0 fully saturated rings. The number of hydrogen-bond donors (Lipinski definition) is 0.